The number of aromatic nitrogens is 1. The van der Waals surface area contributed by atoms with Crippen LogP contribution in [0.1, 0.15) is 69.8 Å². The number of rotatable bonds is 9. The van der Waals surface area contributed by atoms with Crippen LogP contribution in [-0.2, 0) is 29.1 Å². The minimum Gasteiger partial charge on any atom is -0.472 e. The van der Waals surface area contributed by atoms with Crippen LogP contribution in [0.2, 0.25) is 0 Å². The highest BCUT2D eigenvalue weighted by Crippen LogP contribution is 2.45. The number of alkyl halides is 3. The molecule has 3 N–H and O–H groups in total. The fourth-order valence-corrected chi connectivity index (χ4v) is 8.17. The van der Waals surface area contributed by atoms with E-state index in [4.69, 9.17) is 9.47 Å². The van der Waals surface area contributed by atoms with Crippen LogP contribution in [0.25, 0.3) is 16.8 Å². The number of hydrogen-bond acceptors (Lipinski definition) is 9. The number of amides is 4. The van der Waals surface area contributed by atoms with Gasteiger partial charge in [0.2, 0.25) is 27.7 Å². The summed E-state index contributed by atoms with van der Waals surface area (Å²) in [7, 11) is -3.97. The number of allylic oxidation sites excluding steroid dienone is 1. The van der Waals surface area contributed by atoms with Gasteiger partial charge in [-0.25, -0.2) is 18.2 Å². The van der Waals surface area contributed by atoms with Crippen molar-refractivity contribution in [2.75, 3.05) is 13.2 Å². The Morgan fingerprint density at radius 1 is 1.17 bits per heavy atom. The average molecular weight is 762 g/mol. The molecule has 0 radical (unpaired) electrons. The minimum absolute atomic E-state index is 0.00385. The molecule has 0 spiro atoms. The molecule has 4 bridgehead atoms. The predicted molar refractivity (Wildman–Crippen MR) is 187 cm³/mol. The summed E-state index contributed by atoms with van der Waals surface area (Å²) < 4.78 is 78.4. The lowest BCUT2D eigenvalue weighted by Gasteiger charge is -2.29. The predicted octanol–water partition coefficient (Wildman–Crippen LogP) is 4.28. The van der Waals surface area contributed by atoms with Gasteiger partial charge in [-0.05, 0) is 74.4 Å². The zero-order valence-corrected chi connectivity index (χ0v) is 29.7. The molecule has 1 saturated heterocycles. The van der Waals surface area contributed by atoms with Crippen molar-refractivity contribution in [3.05, 3.63) is 54.8 Å². The van der Waals surface area contributed by atoms with Crippen LogP contribution in [0, 0.1) is 5.92 Å². The van der Waals surface area contributed by atoms with Crippen LogP contribution in [-0.4, -0.2) is 90.4 Å². The topological polar surface area (TPSA) is 173 Å². The van der Waals surface area contributed by atoms with Crippen LogP contribution in [0.4, 0.5) is 18.0 Å². The molecular formula is C36H42F3N5O8S. The second kappa shape index (κ2) is 15.4. The zero-order valence-electron chi connectivity index (χ0n) is 28.9. The summed E-state index contributed by atoms with van der Waals surface area (Å²) in [5.74, 6) is -2.98. The number of carbonyl (C=O) groups excluding carboxylic acids is 4. The van der Waals surface area contributed by atoms with E-state index in [0.717, 1.165) is 15.8 Å². The lowest BCUT2D eigenvalue weighted by molar-refractivity contribution is -0.143. The van der Waals surface area contributed by atoms with Crippen molar-refractivity contribution in [3.8, 4) is 5.88 Å². The van der Waals surface area contributed by atoms with E-state index in [9.17, 15) is 40.8 Å². The first kappa shape index (κ1) is 38.1. The number of sulfonamides is 1. The lowest BCUT2D eigenvalue weighted by Crippen LogP contribution is -2.58. The Hall–Kier alpha value is -4.67. The third-order valence-electron chi connectivity index (χ3n) is 9.98. The molecule has 286 valence electrons. The van der Waals surface area contributed by atoms with E-state index in [-0.39, 0.29) is 31.9 Å². The Kier molecular flexibility index (Phi) is 11.0. The van der Waals surface area contributed by atoms with Gasteiger partial charge in [-0.2, -0.15) is 13.2 Å². The largest absolute Gasteiger partial charge is 0.472 e. The summed E-state index contributed by atoms with van der Waals surface area (Å²) in [6, 6.07) is 4.72. The molecule has 1 aromatic heterocycles. The molecule has 3 heterocycles. The highest BCUT2D eigenvalue weighted by Gasteiger charge is 2.62. The maximum Gasteiger partial charge on any atom is 0.407 e. The first-order valence-electron chi connectivity index (χ1n) is 17.7. The Morgan fingerprint density at radius 3 is 2.68 bits per heavy atom. The monoisotopic (exact) mass is 761 g/mol. The zero-order chi connectivity index (χ0) is 38.0. The number of halogens is 3. The van der Waals surface area contributed by atoms with Crippen LogP contribution in [0.15, 0.2) is 49.2 Å². The van der Waals surface area contributed by atoms with Gasteiger partial charge < -0.3 is 25.0 Å². The number of fused-ring (bicyclic) bond motifs is 3. The van der Waals surface area contributed by atoms with Gasteiger partial charge in [0.25, 0.3) is 5.91 Å². The molecule has 3 fully saturated rings. The van der Waals surface area contributed by atoms with E-state index < -0.39 is 94.2 Å². The van der Waals surface area contributed by atoms with Gasteiger partial charge in [-0.1, -0.05) is 30.4 Å². The number of nitrogens with zero attached hydrogens (tertiary/aromatic N) is 2. The third-order valence-corrected chi connectivity index (χ3v) is 11.8. The molecule has 2 aliphatic carbocycles. The molecule has 17 heteroatoms. The Balaban J connectivity index is 1.31. The van der Waals surface area contributed by atoms with Crippen molar-refractivity contribution < 1.29 is 50.2 Å². The number of nitrogens with one attached hydrogen (secondary N) is 3. The van der Waals surface area contributed by atoms with Crippen molar-refractivity contribution >= 4 is 50.7 Å². The highest BCUT2D eigenvalue weighted by molar-refractivity contribution is 7.91. The Labute approximate surface area is 304 Å². The van der Waals surface area contributed by atoms with Gasteiger partial charge >= 0.3 is 12.3 Å². The second-order valence-electron chi connectivity index (χ2n) is 14.0. The molecule has 2 aromatic rings. The van der Waals surface area contributed by atoms with Crippen LogP contribution in [0.3, 0.4) is 0 Å². The Morgan fingerprint density at radius 2 is 1.96 bits per heavy atom. The highest BCUT2D eigenvalue weighted by atomic mass is 32.2. The smallest absolute Gasteiger partial charge is 0.407 e. The molecule has 2 saturated carbocycles. The van der Waals surface area contributed by atoms with Gasteiger partial charge in [0, 0.05) is 30.3 Å². The summed E-state index contributed by atoms with van der Waals surface area (Å²) in [5, 5.41) is 5.86. The molecule has 4 aliphatic rings. The number of ether oxygens (including phenoxy) is 2. The van der Waals surface area contributed by atoms with Crippen molar-refractivity contribution in [1.29, 1.82) is 0 Å². The van der Waals surface area contributed by atoms with Gasteiger partial charge in [0.1, 0.15) is 23.7 Å². The van der Waals surface area contributed by atoms with Crippen LogP contribution in [0.5, 0.6) is 5.88 Å². The van der Waals surface area contributed by atoms with Gasteiger partial charge in [0.15, 0.2) is 0 Å². The minimum atomic E-state index is -4.51. The fraction of sp³-hybridized carbons (Fsp3) is 0.528. The third kappa shape index (κ3) is 9.11. The second-order valence-corrected chi connectivity index (χ2v) is 16.0. The number of cyclic esters (lactones) is 1. The summed E-state index contributed by atoms with van der Waals surface area (Å²) in [6.45, 7) is 3.49. The molecule has 53 heavy (non-hydrogen) atoms. The van der Waals surface area contributed by atoms with Crippen LogP contribution < -0.4 is 20.1 Å². The number of benzene rings is 1. The fourth-order valence-electron chi connectivity index (χ4n) is 6.81. The SMILES string of the molecule is C=C[C@@H]1C[C@]1(NC(=O)[C@@H]1C[C@@H]2CN1C(=O)[C@H](CCCC(F)(F)F)NC(=O)OCCCC/C=C\c1ccc3ccnc(c3c1)O2)C(=O)NS(=O)(=O)C1CC1. The number of carbonyl (C=O) groups is 4. The van der Waals surface area contributed by atoms with Gasteiger partial charge in [0.05, 0.1) is 18.4 Å². The first-order chi connectivity index (χ1) is 25.2. The molecule has 5 atom stereocenters. The van der Waals surface area contributed by atoms with E-state index in [2.05, 4.69) is 26.9 Å². The quantitative estimate of drug-likeness (QED) is 0.316. The molecule has 4 amide bonds. The van der Waals surface area contributed by atoms with Crippen molar-refractivity contribution in [2.24, 2.45) is 5.92 Å². The molecule has 6 rings (SSSR count). The van der Waals surface area contributed by atoms with E-state index in [1.165, 1.54) is 6.08 Å². The molecular weight excluding hydrogens is 719 g/mol. The van der Waals surface area contributed by atoms with Gasteiger partial charge in [-0.3, -0.25) is 19.1 Å². The van der Waals surface area contributed by atoms with E-state index in [1.807, 2.05) is 30.4 Å². The van der Waals surface area contributed by atoms with E-state index in [1.54, 1.807) is 12.3 Å². The van der Waals surface area contributed by atoms with Crippen molar-refractivity contribution in [3.63, 3.8) is 0 Å². The summed E-state index contributed by atoms with van der Waals surface area (Å²) in [6.07, 6.45) is 0.999. The first-order valence-corrected chi connectivity index (χ1v) is 19.3. The molecule has 2 aliphatic heterocycles. The summed E-state index contributed by atoms with van der Waals surface area (Å²) in [5.41, 5.74) is -0.783. The molecule has 13 nitrogen and oxygen atoms in total. The molecule has 1 aromatic carbocycles. The average Bonchev–Trinajstić information content (AvgIpc) is 4.03. The van der Waals surface area contributed by atoms with Crippen molar-refractivity contribution in [1.82, 2.24) is 25.2 Å². The van der Waals surface area contributed by atoms with Crippen molar-refractivity contribution in [2.45, 2.75) is 99.4 Å². The maximum absolute atomic E-state index is 14.2. The lowest BCUT2D eigenvalue weighted by atomic mass is 10.1. The number of hydrogen-bond donors (Lipinski definition) is 3. The summed E-state index contributed by atoms with van der Waals surface area (Å²) in [4.78, 5) is 60.2. The van der Waals surface area contributed by atoms with Crippen LogP contribution >= 0.6 is 0 Å². The maximum atomic E-state index is 14.2. The van der Waals surface area contributed by atoms with E-state index >= 15 is 0 Å². The van der Waals surface area contributed by atoms with Gasteiger partial charge in [-0.15, -0.1) is 6.58 Å². The number of alkyl carbamates (subject to hydrolysis) is 1. The van der Waals surface area contributed by atoms with E-state index in [0.29, 0.717) is 37.5 Å². The molecule has 0 unspecified atom stereocenters. The summed E-state index contributed by atoms with van der Waals surface area (Å²) >= 11 is 0. The normalized spacial score (nSPS) is 27.3. The number of pyridine rings is 1. The standard InChI is InChI=1S/C36H42F3N5O8S/c1-2-24-20-35(24,33(47)43-53(49,50)26-12-13-26)42-30(45)29-19-25-21-44(29)32(46)28(9-7-15-36(37,38)39)41-34(48)51-17-6-4-3-5-8-22-10-11-23-14-16-40-31(52-25)27(23)18-22/h2,5,8,10-11,14,16,18,24-26,28-29H,1,3-4,6-7,9,12-13,15,17,19-21H2,(H,41,48)(H,42,45)(H,43,47)/b8-5-/t24-,25-,28+,29+,35-/m1/s1. The Bertz CT molecular complexity index is 1900.